The first kappa shape index (κ1) is 27.9. The number of thiol groups is 2. The molecule has 3 atom stereocenters. The van der Waals surface area contributed by atoms with Gasteiger partial charge in [0.15, 0.2) is 0 Å². The van der Waals surface area contributed by atoms with Crippen molar-refractivity contribution in [3.05, 3.63) is 0 Å². The van der Waals surface area contributed by atoms with Crippen LogP contribution >= 0.6 is 25.3 Å². The zero-order valence-electron chi connectivity index (χ0n) is 14.2. The number of carbonyl (C=O) groups is 4. The van der Waals surface area contributed by atoms with E-state index in [0.717, 1.165) is 0 Å². The van der Waals surface area contributed by atoms with Gasteiger partial charge in [0.1, 0.15) is 6.04 Å². The molecule has 9 N–H and O–H groups in total. The summed E-state index contributed by atoms with van der Waals surface area (Å²) in [5.74, 6) is -3.03. The molecule has 14 heteroatoms. The summed E-state index contributed by atoms with van der Waals surface area (Å²) in [5.41, 5.74) is 10.5. The van der Waals surface area contributed by atoms with Crippen molar-refractivity contribution in [3.8, 4) is 0 Å². The SMILES string of the molecule is N[C@@H](CCC(=O)N[C@@H](CS)C(=O)NCC(=O)O)C(O)=[Se].N[C@@H](CS)C(=O)O. The molecule has 0 aromatic heterocycles. The Bertz CT molecular complexity index is 539. The molecular formula is C13H24N4O7S2Se. The van der Waals surface area contributed by atoms with E-state index in [9.17, 15) is 19.2 Å². The van der Waals surface area contributed by atoms with Gasteiger partial charge in [0.05, 0.1) is 0 Å². The summed E-state index contributed by atoms with van der Waals surface area (Å²) in [4.78, 5) is 43.2. The Balaban J connectivity index is 0. The molecule has 156 valence electrons. The topological polar surface area (TPSA) is 205 Å². The molecule has 2 amide bonds. The number of aliphatic hydroxyl groups excluding tert-OH is 1. The number of aliphatic hydroxyl groups is 1. The normalized spacial score (nSPS) is 13.2. The second kappa shape index (κ2) is 15.7. The van der Waals surface area contributed by atoms with E-state index in [1.807, 2.05) is 0 Å². The second-order valence-electron chi connectivity index (χ2n) is 5.02. The van der Waals surface area contributed by atoms with Crippen LogP contribution in [0.15, 0.2) is 0 Å². The third kappa shape index (κ3) is 15.4. The van der Waals surface area contributed by atoms with E-state index in [4.69, 9.17) is 26.8 Å². The summed E-state index contributed by atoms with van der Waals surface area (Å²) in [6.07, 6.45) is 0.226. The number of carbonyl (C=O) groups excluding carboxylic acids is 2. The van der Waals surface area contributed by atoms with Crippen LogP contribution < -0.4 is 22.1 Å². The molecule has 0 spiro atoms. The van der Waals surface area contributed by atoms with Gasteiger partial charge in [0.2, 0.25) is 0 Å². The molecule has 0 rings (SSSR count). The van der Waals surface area contributed by atoms with Crippen LogP contribution in [0.5, 0.6) is 0 Å². The Morgan fingerprint density at radius 3 is 1.89 bits per heavy atom. The quantitative estimate of drug-likeness (QED) is 0.105. The first-order valence-corrected chi connectivity index (χ1v) is 9.55. The van der Waals surface area contributed by atoms with Crippen molar-refractivity contribution >= 4 is 69.2 Å². The predicted octanol–water partition coefficient (Wildman–Crippen LogP) is -3.29. The molecule has 0 aliphatic rings. The minimum absolute atomic E-state index is 0.0173. The van der Waals surface area contributed by atoms with Crippen molar-refractivity contribution in [1.82, 2.24) is 10.6 Å². The van der Waals surface area contributed by atoms with Gasteiger partial charge in [-0.25, -0.2) is 0 Å². The average molecular weight is 491 g/mol. The molecule has 11 nitrogen and oxygen atoms in total. The van der Waals surface area contributed by atoms with Crippen molar-refractivity contribution in [2.45, 2.75) is 31.0 Å². The third-order valence-corrected chi connectivity index (χ3v) is 4.16. The molecule has 0 aliphatic carbocycles. The molecule has 0 saturated heterocycles. The Morgan fingerprint density at radius 1 is 1.00 bits per heavy atom. The Kier molecular flexibility index (Phi) is 16.2. The largest absolute Gasteiger partial charge is 0.480 e. The molecule has 0 radical (unpaired) electrons. The van der Waals surface area contributed by atoms with Gasteiger partial charge in [0, 0.05) is 5.75 Å². The first-order chi connectivity index (χ1) is 12.5. The summed E-state index contributed by atoms with van der Waals surface area (Å²) in [6, 6.07) is -2.40. The van der Waals surface area contributed by atoms with Gasteiger partial charge >= 0.3 is 135 Å². The minimum atomic E-state index is -1.18. The smallest absolute Gasteiger partial charge is 0.321 e. The van der Waals surface area contributed by atoms with E-state index in [0.29, 0.717) is 0 Å². The summed E-state index contributed by atoms with van der Waals surface area (Å²) in [5, 5.41) is 30.0. The van der Waals surface area contributed by atoms with E-state index in [1.54, 1.807) is 0 Å². The number of carboxylic acid groups (broad SMARTS) is 2. The maximum Gasteiger partial charge on any atom is 0.321 e. The third-order valence-electron chi connectivity index (χ3n) is 2.76. The second-order valence-corrected chi connectivity index (χ2v) is 6.63. The number of aliphatic carboxylic acids is 2. The van der Waals surface area contributed by atoms with Crippen LogP contribution in [-0.2, 0) is 19.2 Å². The van der Waals surface area contributed by atoms with Gasteiger partial charge in [-0.2, -0.15) is 12.6 Å². The molecule has 0 aromatic carbocycles. The molecule has 27 heavy (non-hydrogen) atoms. The van der Waals surface area contributed by atoms with Gasteiger partial charge in [-0.15, -0.1) is 0 Å². The molecule has 0 aliphatic heterocycles. The van der Waals surface area contributed by atoms with Gasteiger partial charge in [-0.05, 0) is 0 Å². The van der Waals surface area contributed by atoms with Crippen molar-refractivity contribution < 1.29 is 34.5 Å². The number of amides is 2. The standard InChI is InChI=1S/C10H17N3O5SSe.C3H7NO2S/c11-5(10(18)20)1-2-7(14)13-6(4-19)9(17)12-3-8(15)16;4-2(1-7)3(5)6/h5-6,19H,1-4,11H2,(H,12,17)(H,13,14)(H,15,16)(H,18,20);2,7H,1,4H2,(H,5,6)/t5-,6-;2-/m00/s1. The predicted molar refractivity (Wildman–Crippen MR) is 106 cm³/mol. The van der Waals surface area contributed by atoms with Crippen LogP contribution in [0, 0.1) is 0 Å². The zero-order chi connectivity index (χ0) is 21.6. The monoisotopic (exact) mass is 492 g/mol. The van der Waals surface area contributed by atoms with Crippen LogP contribution in [0.2, 0.25) is 0 Å². The number of nitrogens with two attached hydrogens (primary N) is 2. The van der Waals surface area contributed by atoms with Crippen molar-refractivity contribution in [1.29, 1.82) is 0 Å². The van der Waals surface area contributed by atoms with Crippen LogP contribution in [0.25, 0.3) is 0 Å². The number of hydrogen-bond donors (Lipinski definition) is 9. The summed E-state index contributed by atoms with van der Waals surface area (Å²) in [7, 11) is 0. The van der Waals surface area contributed by atoms with Gasteiger partial charge in [0.25, 0.3) is 0 Å². The van der Waals surface area contributed by atoms with Gasteiger partial charge < -0.3 is 10.8 Å². The van der Waals surface area contributed by atoms with Crippen LogP contribution in [0.3, 0.4) is 0 Å². The maximum absolute atomic E-state index is 11.6. The molecule has 0 heterocycles. The van der Waals surface area contributed by atoms with Crippen LogP contribution in [0.1, 0.15) is 12.8 Å². The Morgan fingerprint density at radius 2 is 1.56 bits per heavy atom. The fraction of sp³-hybridized carbons (Fsp3) is 0.615. The van der Waals surface area contributed by atoms with Crippen LogP contribution in [0.4, 0.5) is 0 Å². The Labute approximate surface area is 174 Å². The van der Waals surface area contributed by atoms with E-state index in [1.165, 1.54) is 0 Å². The molecule has 0 aromatic rings. The van der Waals surface area contributed by atoms with E-state index in [-0.39, 0.29) is 29.0 Å². The van der Waals surface area contributed by atoms with E-state index >= 15 is 0 Å². The zero-order valence-corrected chi connectivity index (χ0v) is 17.7. The summed E-state index contributed by atoms with van der Waals surface area (Å²) < 4.78 is -0.0947. The fourth-order valence-corrected chi connectivity index (χ4v) is 1.90. The van der Waals surface area contributed by atoms with E-state index in [2.05, 4.69) is 51.5 Å². The molecular weight excluding hydrogens is 467 g/mol. The van der Waals surface area contributed by atoms with Crippen molar-refractivity contribution in [3.63, 3.8) is 0 Å². The fourth-order valence-electron chi connectivity index (χ4n) is 1.23. The Hall–Kier alpha value is -1.31. The van der Waals surface area contributed by atoms with E-state index < -0.39 is 48.4 Å². The van der Waals surface area contributed by atoms with Crippen LogP contribution in [-0.4, -0.2) is 95.4 Å². The summed E-state index contributed by atoms with van der Waals surface area (Å²) in [6.45, 7) is -0.529. The number of carboxylic acids is 2. The molecule has 0 saturated carbocycles. The maximum atomic E-state index is 11.6. The minimum Gasteiger partial charge on any atom is -0.480 e. The summed E-state index contributed by atoms with van der Waals surface area (Å²) >= 11 is 9.91. The molecule has 0 bridgehead atoms. The average Bonchev–Trinajstić information content (AvgIpc) is 2.61. The first-order valence-electron chi connectivity index (χ1n) is 7.43. The molecule has 0 fully saturated rings. The van der Waals surface area contributed by atoms with Crippen molar-refractivity contribution in [2.75, 3.05) is 18.1 Å². The number of hydrogen-bond acceptors (Lipinski definition) is 9. The van der Waals surface area contributed by atoms with Gasteiger partial charge in [-0.3, -0.25) is 4.79 Å². The number of nitrogens with one attached hydrogen (secondary N) is 2. The van der Waals surface area contributed by atoms with Crippen molar-refractivity contribution in [2.24, 2.45) is 11.5 Å². The molecule has 0 unspecified atom stereocenters. The van der Waals surface area contributed by atoms with Gasteiger partial charge in [-0.1, -0.05) is 0 Å². The number of rotatable bonds is 11.